The maximum Gasteiger partial charge on any atom is 0.0538 e. The lowest BCUT2D eigenvalue weighted by atomic mass is 10.0. The molecular weight excluding hydrogens is 283 g/mol. The SMILES string of the molecule is CCn1cc(C(Cc2c(Cl)cccc2Cl)NN)cn1. The van der Waals surface area contributed by atoms with Crippen molar-refractivity contribution >= 4 is 23.2 Å². The number of hydrazine groups is 1. The Hall–Kier alpha value is -1.07. The third kappa shape index (κ3) is 3.28. The molecule has 0 bridgehead atoms. The molecule has 0 saturated heterocycles. The number of hydrogen-bond donors (Lipinski definition) is 2. The van der Waals surface area contributed by atoms with Crippen LogP contribution in [0.3, 0.4) is 0 Å². The minimum absolute atomic E-state index is 0.0716. The molecule has 0 saturated carbocycles. The number of nitrogens with zero attached hydrogens (tertiary/aromatic N) is 2. The van der Waals surface area contributed by atoms with Crippen LogP contribution in [0.25, 0.3) is 0 Å². The van der Waals surface area contributed by atoms with Crippen molar-refractivity contribution in [3.8, 4) is 0 Å². The smallest absolute Gasteiger partial charge is 0.0538 e. The van der Waals surface area contributed by atoms with E-state index in [4.69, 9.17) is 29.0 Å². The summed E-state index contributed by atoms with van der Waals surface area (Å²) >= 11 is 12.4. The van der Waals surface area contributed by atoms with Gasteiger partial charge in [0.2, 0.25) is 0 Å². The minimum atomic E-state index is -0.0716. The van der Waals surface area contributed by atoms with E-state index >= 15 is 0 Å². The highest BCUT2D eigenvalue weighted by Gasteiger charge is 2.16. The Labute approximate surface area is 122 Å². The molecule has 0 aliphatic heterocycles. The van der Waals surface area contributed by atoms with Gasteiger partial charge in [-0.25, -0.2) is 0 Å². The van der Waals surface area contributed by atoms with E-state index in [1.54, 1.807) is 6.20 Å². The van der Waals surface area contributed by atoms with Crippen molar-refractivity contribution in [3.05, 3.63) is 51.8 Å². The summed E-state index contributed by atoms with van der Waals surface area (Å²) in [5.41, 5.74) is 4.69. The fraction of sp³-hybridized carbons (Fsp3) is 0.308. The minimum Gasteiger partial charge on any atom is -0.273 e. The number of aromatic nitrogens is 2. The van der Waals surface area contributed by atoms with E-state index < -0.39 is 0 Å². The van der Waals surface area contributed by atoms with Gasteiger partial charge in [-0.15, -0.1) is 0 Å². The maximum absolute atomic E-state index is 6.18. The van der Waals surface area contributed by atoms with Gasteiger partial charge in [0.05, 0.1) is 12.2 Å². The zero-order chi connectivity index (χ0) is 13.8. The molecule has 1 atom stereocenters. The first kappa shape index (κ1) is 14.3. The summed E-state index contributed by atoms with van der Waals surface area (Å²) in [6.07, 6.45) is 4.39. The molecule has 1 aromatic heterocycles. The fourth-order valence-corrected chi connectivity index (χ4v) is 2.49. The lowest BCUT2D eigenvalue weighted by Gasteiger charge is -2.16. The highest BCUT2D eigenvalue weighted by Crippen LogP contribution is 2.28. The summed E-state index contributed by atoms with van der Waals surface area (Å²) in [6, 6.07) is 5.41. The van der Waals surface area contributed by atoms with Gasteiger partial charge >= 0.3 is 0 Å². The molecule has 0 spiro atoms. The van der Waals surface area contributed by atoms with Crippen LogP contribution in [-0.2, 0) is 13.0 Å². The second-order valence-electron chi connectivity index (χ2n) is 4.25. The Morgan fingerprint density at radius 1 is 1.37 bits per heavy atom. The predicted molar refractivity (Wildman–Crippen MR) is 78.1 cm³/mol. The van der Waals surface area contributed by atoms with Crippen LogP contribution >= 0.6 is 23.2 Å². The summed E-state index contributed by atoms with van der Waals surface area (Å²) in [7, 11) is 0. The summed E-state index contributed by atoms with van der Waals surface area (Å²) < 4.78 is 1.86. The summed E-state index contributed by atoms with van der Waals surface area (Å²) in [4.78, 5) is 0. The lowest BCUT2D eigenvalue weighted by Crippen LogP contribution is -2.29. The van der Waals surface area contributed by atoms with E-state index in [2.05, 4.69) is 10.5 Å². The third-order valence-corrected chi connectivity index (χ3v) is 3.76. The van der Waals surface area contributed by atoms with Crippen molar-refractivity contribution in [2.75, 3.05) is 0 Å². The molecule has 2 aromatic rings. The second kappa shape index (κ2) is 6.39. The molecule has 0 aliphatic carbocycles. The summed E-state index contributed by atoms with van der Waals surface area (Å²) in [5, 5.41) is 5.54. The van der Waals surface area contributed by atoms with E-state index in [-0.39, 0.29) is 6.04 Å². The van der Waals surface area contributed by atoms with Crippen LogP contribution in [0.1, 0.15) is 24.1 Å². The number of rotatable bonds is 5. The molecular formula is C13H16Cl2N4. The molecule has 1 heterocycles. The predicted octanol–water partition coefficient (Wildman–Crippen LogP) is 2.96. The van der Waals surface area contributed by atoms with Crippen LogP contribution < -0.4 is 11.3 Å². The molecule has 1 unspecified atom stereocenters. The largest absolute Gasteiger partial charge is 0.273 e. The van der Waals surface area contributed by atoms with Crippen molar-refractivity contribution in [3.63, 3.8) is 0 Å². The zero-order valence-electron chi connectivity index (χ0n) is 10.6. The van der Waals surface area contributed by atoms with E-state index in [9.17, 15) is 0 Å². The van der Waals surface area contributed by atoms with Crippen molar-refractivity contribution in [1.29, 1.82) is 0 Å². The van der Waals surface area contributed by atoms with Gasteiger partial charge in [-0.3, -0.25) is 16.0 Å². The summed E-state index contributed by atoms with van der Waals surface area (Å²) in [6.45, 7) is 2.86. The lowest BCUT2D eigenvalue weighted by molar-refractivity contribution is 0.550. The number of aryl methyl sites for hydroxylation is 1. The number of benzene rings is 1. The molecule has 4 nitrogen and oxygen atoms in total. The van der Waals surface area contributed by atoms with E-state index in [1.807, 2.05) is 36.0 Å². The van der Waals surface area contributed by atoms with Gasteiger partial charge in [-0.2, -0.15) is 5.10 Å². The molecule has 0 fully saturated rings. The monoisotopic (exact) mass is 298 g/mol. The Balaban J connectivity index is 2.24. The second-order valence-corrected chi connectivity index (χ2v) is 5.07. The van der Waals surface area contributed by atoms with E-state index in [0.29, 0.717) is 16.5 Å². The van der Waals surface area contributed by atoms with Crippen molar-refractivity contribution in [1.82, 2.24) is 15.2 Å². The van der Waals surface area contributed by atoms with E-state index in [1.165, 1.54) is 0 Å². The number of hydrogen-bond acceptors (Lipinski definition) is 3. The Kier molecular flexibility index (Phi) is 4.82. The first-order chi connectivity index (χ1) is 9.15. The van der Waals surface area contributed by atoms with Gasteiger partial charge in [0.1, 0.15) is 0 Å². The highest BCUT2D eigenvalue weighted by molar-refractivity contribution is 6.36. The normalized spacial score (nSPS) is 12.6. The molecule has 19 heavy (non-hydrogen) atoms. The average Bonchev–Trinajstić information content (AvgIpc) is 2.87. The number of nitrogens with one attached hydrogen (secondary N) is 1. The Bertz CT molecular complexity index is 533. The summed E-state index contributed by atoms with van der Waals surface area (Å²) in [5.74, 6) is 5.63. The van der Waals surface area contributed by atoms with Crippen LogP contribution in [0, 0.1) is 0 Å². The van der Waals surface area contributed by atoms with Crippen molar-refractivity contribution < 1.29 is 0 Å². The van der Waals surface area contributed by atoms with Crippen LogP contribution in [0.15, 0.2) is 30.6 Å². The molecule has 2 rings (SSSR count). The van der Waals surface area contributed by atoms with Gasteiger partial charge in [-0.1, -0.05) is 29.3 Å². The molecule has 1 aromatic carbocycles. The highest BCUT2D eigenvalue weighted by atomic mass is 35.5. The Morgan fingerprint density at radius 2 is 2.05 bits per heavy atom. The van der Waals surface area contributed by atoms with Crippen LogP contribution in [0.4, 0.5) is 0 Å². The first-order valence-corrected chi connectivity index (χ1v) is 6.82. The molecule has 0 radical (unpaired) electrons. The van der Waals surface area contributed by atoms with Crippen LogP contribution in [0.5, 0.6) is 0 Å². The fourth-order valence-electron chi connectivity index (χ4n) is 1.94. The standard InChI is InChI=1S/C13H16Cl2N4/c1-2-19-8-9(7-17-19)13(18-16)6-10-11(14)4-3-5-12(10)15/h3-5,7-8,13,18H,2,6,16H2,1H3. The first-order valence-electron chi connectivity index (χ1n) is 6.07. The van der Waals surface area contributed by atoms with Gasteiger partial charge in [-0.05, 0) is 31.0 Å². The average molecular weight is 299 g/mol. The van der Waals surface area contributed by atoms with Crippen LogP contribution in [-0.4, -0.2) is 9.78 Å². The van der Waals surface area contributed by atoms with Gasteiger partial charge in [0.25, 0.3) is 0 Å². The van der Waals surface area contributed by atoms with Gasteiger partial charge in [0.15, 0.2) is 0 Å². The van der Waals surface area contributed by atoms with Crippen molar-refractivity contribution in [2.24, 2.45) is 5.84 Å². The molecule has 102 valence electrons. The Morgan fingerprint density at radius 3 is 2.58 bits per heavy atom. The van der Waals surface area contributed by atoms with Crippen LogP contribution in [0.2, 0.25) is 10.0 Å². The topological polar surface area (TPSA) is 55.9 Å². The quantitative estimate of drug-likeness (QED) is 0.659. The molecule has 3 N–H and O–H groups in total. The van der Waals surface area contributed by atoms with E-state index in [0.717, 1.165) is 17.7 Å². The van der Waals surface area contributed by atoms with Gasteiger partial charge < -0.3 is 0 Å². The van der Waals surface area contributed by atoms with Gasteiger partial charge in [0, 0.05) is 28.4 Å². The molecule has 0 aliphatic rings. The third-order valence-electron chi connectivity index (χ3n) is 3.05. The number of halogens is 2. The molecule has 0 amide bonds. The maximum atomic E-state index is 6.18. The zero-order valence-corrected chi connectivity index (χ0v) is 12.1. The molecule has 6 heteroatoms. The van der Waals surface area contributed by atoms with Crippen molar-refractivity contribution in [2.45, 2.75) is 25.9 Å². The number of nitrogens with two attached hydrogens (primary N) is 1.